The van der Waals surface area contributed by atoms with Gasteiger partial charge in [0.25, 0.3) is 0 Å². The van der Waals surface area contributed by atoms with Gasteiger partial charge in [0.15, 0.2) is 12.1 Å². The van der Waals surface area contributed by atoms with Gasteiger partial charge in [0.2, 0.25) is 0 Å². The first-order valence-electron chi connectivity index (χ1n) is 6.88. The summed E-state index contributed by atoms with van der Waals surface area (Å²) in [5.74, 6) is -1.23. The molecule has 1 aromatic carbocycles. The van der Waals surface area contributed by atoms with Crippen molar-refractivity contribution in [2.24, 2.45) is 0 Å². The lowest BCUT2D eigenvalue weighted by Crippen LogP contribution is -2.37. The van der Waals surface area contributed by atoms with Crippen molar-refractivity contribution in [1.82, 2.24) is 0 Å². The van der Waals surface area contributed by atoms with E-state index in [1.165, 1.54) is 0 Å². The highest BCUT2D eigenvalue weighted by atomic mass is 16.8. The number of carbonyl (C=O) groups excluding carboxylic acids is 1. The molecule has 3 rings (SSSR count). The summed E-state index contributed by atoms with van der Waals surface area (Å²) < 4.78 is 21.8. The fourth-order valence-electron chi connectivity index (χ4n) is 2.51. The van der Waals surface area contributed by atoms with Crippen molar-refractivity contribution < 1.29 is 28.8 Å². The molecule has 0 radical (unpaired) electrons. The molecule has 1 N–H and O–H groups in total. The molecular weight excluding hydrogens is 276 g/mol. The minimum atomic E-state index is -0.889. The van der Waals surface area contributed by atoms with Crippen LogP contribution in [0.1, 0.15) is 24.2 Å². The zero-order valence-corrected chi connectivity index (χ0v) is 11.9. The van der Waals surface area contributed by atoms with Crippen molar-refractivity contribution in [2.75, 3.05) is 6.61 Å². The summed E-state index contributed by atoms with van der Waals surface area (Å²) >= 11 is 0. The average Bonchev–Trinajstić information content (AvgIpc) is 2.91. The van der Waals surface area contributed by atoms with E-state index < -0.39 is 36.4 Å². The summed E-state index contributed by atoms with van der Waals surface area (Å²) in [5.41, 5.74) is 0.457. The predicted molar refractivity (Wildman–Crippen MR) is 71.4 cm³/mol. The van der Waals surface area contributed by atoms with E-state index in [1.54, 1.807) is 38.1 Å². The summed E-state index contributed by atoms with van der Waals surface area (Å²) in [4.78, 5) is 11.8. The van der Waals surface area contributed by atoms with Gasteiger partial charge in [-0.25, -0.2) is 4.79 Å². The number of aliphatic hydroxyl groups is 1. The molecule has 2 fully saturated rings. The Hall–Kier alpha value is -1.47. The number of benzene rings is 1. The Labute approximate surface area is 122 Å². The Balaban J connectivity index is 1.55. The number of rotatable bonds is 3. The molecule has 2 saturated heterocycles. The number of aliphatic hydroxyl groups excluding tert-OH is 1. The second-order valence-corrected chi connectivity index (χ2v) is 5.60. The molecule has 2 heterocycles. The Kier molecular flexibility index (Phi) is 3.71. The van der Waals surface area contributed by atoms with E-state index in [0.29, 0.717) is 5.56 Å². The molecule has 2 aliphatic rings. The Morgan fingerprint density at radius 3 is 2.67 bits per heavy atom. The summed E-state index contributed by atoms with van der Waals surface area (Å²) in [6.07, 6.45) is -2.72. The molecule has 4 atom stereocenters. The first-order valence-corrected chi connectivity index (χ1v) is 6.88. The molecule has 0 aromatic heterocycles. The SMILES string of the molecule is CC1(C)O[C@H]2O[C@@H](COC(=O)c3ccccc3)[C@H](O)[C@@H]2O1. The van der Waals surface area contributed by atoms with Crippen molar-refractivity contribution in [3.05, 3.63) is 35.9 Å². The highest BCUT2D eigenvalue weighted by Gasteiger charge is 2.54. The van der Waals surface area contributed by atoms with Crippen LogP contribution >= 0.6 is 0 Å². The van der Waals surface area contributed by atoms with Crippen molar-refractivity contribution >= 4 is 5.97 Å². The van der Waals surface area contributed by atoms with Gasteiger partial charge >= 0.3 is 5.97 Å². The average molecular weight is 294 g/mol. The van der Waals surface area contributed by atoms with Crippen molar-refractivity contribution in [3.8, 4) is 0 Å². The molecule has 6 heteroatoms. The summed E-state index contributed by atoms with van der Waals surface area (Å²) in [6.45, 7) is 3.46. The highest BCUT2D eigenvalue weighted by Crippen LogP contribution is 2.37. The van der Waals surface area contributed by atoms with E-state index in [9.17, 15) is 9.90 Å². The number of carbonyl (C=O) groups is 1. The molecule has 0 aliphatic carbocycles. The van der Waals surface area contributed by atoms with Gasteiger partial charge in [0, 0.05) is 0 Å². The number of fused-ring (bicyclic) bond motifs is 1. The van der Waals surface area contributed by atoms with E-state index in [2.05, 4.69) is 0 Å². The molecule has 1 aromatic rings. The lowest BCUT2D eigenvalue weighted by Gasteiger charge is -2.22. The van der Waals surface area contributed by atoms with Crippen LogP contribution in [0.25, 0.3) is 0 Å². The molecule has 21 heavy (non-hydrogen) atoms. The Bertz CT molecular complexity index is 514. The quantitative estimate of drug-likeness (QED) is 0.841. The standard InChI is InChI=1S/C15H18O6/c1-15(2)20-12-11(16)10(19-14(12)21-15)8-18-13(17)9-6-4-3-5-7-9/h3-7,10-12,14,16H,8H2,1-2H3/t10-,11-,12-,14+/m0/s1. The number of esters is 1. The third-order valence-corrected chi connectivity index (χ3v) is 3.50. The van der Waals surface area contributed by atoms with E-state index in [1.807, 2.05) is 6.07 Å². The van der Waals surface area contributed by atoms with Gasteiger partial charge in [0.1, 0.15) is 24.9 Å². The number of hydrogen-bond donors (Lipinski definition) is 1. The third-order valence-electron chi connectivity index (χ3n) is 3.50. The van der Waals surface area contributed by atoms with Crippen molar-refractivity contribution in [1.29, 1.82) is 0 Å². The van der Waals surface area contributed by atoms with Crippen LogP contribution in [-0.2, 0) is 18.9 Å². The van der Waals surface area contributed by atoms with Crippen LogP contribution in [0, 0.1) is 0 Å². The Morgan fingerprint density at radius 2 is 2.00 bits per heavy atom. The van der Waals surface area contributed by atoms with Gasteiger partial charge in [-0.15, -0.1) is 0 Å². The van der Waals surface area contributed by atoms with Crippen LogP contribution in [0.3, 0.4) is 0 Å². The van der Waals surface area contributed by atoms with Gasteiger partial charge < -0.3 is 24.1 Å². The maximum absolute atomic E-state index is 11.8. The fraction of sp³-hybridized carbons (Fsp3) is 0.533. The molecule has 2 aliphatic heterocycles. The normalized spacial score (nSPS) is 33.7. The topological polar surface area (TPSA) is 74.2 Å². The summed E-state index contributed by atoms with van der Waals surface area (Å²) in [7, 11) is 0. The largest absolute Gasteiger partial charge is 0.459 e. The van der Waals surface area contributed by atoms with E-state index >= 15 is 0 Å². The molecule has 6 nitrogen and oxygen atoms in total. The third kappa shape index (κ3) is 2.94. The molecule has 0 bridgehead atoms. The fourth-order valence-corrected chi connectivity index (χ4v) is 2.51. The van der Waals surface area contributed by atoms with Gasteiger partial charge in [-0.3, -0.25) is 0 Å². The second kappa shape index (κ2) is 5.38. The van der Waals surface area contributed by atoms with Crippen LogP contribution in [0.5, 0.6) is 0 Å². The maximum atomic E-state index is 11.8. The molecule has 0 amide bonds. The molecular formula is C15H18O6. The molecule has 0 saturated carbocycles. The minimum absolute atomic E-state index is 0.0466. The molecule has 0 spiro atoms. The van der Waals surface area contributed by atoms with E-state index in [0.717, 1.165) is 0 Å². The maximum Gasteiger partial charge on any atom is 0.338 e. The number of hydrogen-bond acceptors (Lipinski definition) is 6. The van der Waals surface area contributed by atoms with Gasteiger partial charge in [-0.1, -0.05) is 18.2 Å². The van der Waals surface area contributed by atoms with Crippen molar-refractivity contribution in [3.63, 3.8) is 0 Å². The van der Waals surface area contributed by atoms with Crippen LogP contribution in [0.15, 0.2) is 30.3 Å². The Morgan fingerprint density at radius 1 is 1.29 bits per heavy atom. The zero-order chi connectivity index (χ0) is 15.0. The first-order chi connectivity index (χ1) is 9.96. The van der Waals surface area contributed by atoms with Crippen LogP contribution in [0.4, 0.5) is 0 Å². The van der Waals surface area contributed by atoms with Gasteiger partial charge in [0.05, 0.1) is 5.56 Å². The lowest BCUT2D eigenvalue weighted by atomic mass is 10.1. The van der Waals surface area contributed by atoms with E-state index in [4.69, 9.17) is 18.9 Å². The highest BCUT2D eigenvalue weighted by molar-refractivity contribution is 5.89. The van der Waals surface area contributed by atoms with Crippen LogP contribution in [-0.4, -0.2) is 48.1 Å². The molecule has 0 unspecified atom stereocenters. The van der Waals surface area contributed by atoms with Gasteiger partial charge in [-0.05, 0) is 26.0 Å². The predicted octanol–water partition coefficient (Wildman–Crippen LogP) is 1.08. The minimum Gasteiger partial charge on any atom is -0.459 e. The number of ether oxygens (including phenoxy) is 4. The zero-order valence-electron chi connectivity index (χ0n) is 11.9. The van der Waals surface area contributed by atoms with Crippen molar-refractivity contribution in [2.45, 2.75) is 44.2 Å². The first kappa shape index (κ1) is 14.5. The van der Waals surface area contributed by atoms with Crippen LogP contribution < -0.4 is 0 Å². The van der Waals surface area contributed by atoms with Crippen LogP contribution in [0.2, 0.25) is 0 Å². The smallest absolute Gasteiger partial charge is 0.338 e. The lowest BCUT2D eigenvalue weighted by molar-refractivity contribution is -0.218. The monoisotopic (exact) mass is 294 g/mol. The summed E-state index contributed by atoms with van der Waals surface area (Å²) in [5, 5.41) is 10.2. The summed E-state index contributed by atoms with van der Waals surface area (Å²) in [6, 6.07) is 8.66. The second-order valence-electron chi connectivity index (χ2n) is 5.60. The van der Waals surface area contributed by atoms with E-state index in [-0.39, 0.29) is 6.61 Å². The molecule has 114 valence electrons. The van der Waals surface area contributed by atoms with Gasteiger partial charge in [-0.2, -0.15) is 0 Å².